The first-order chi connectivity index (χ1) is 9.43. The molecule has 0 bridgehead atoms. The number of aromatic nitrogens is 2. The maximum atomic E-state index is 4.68. The fourth-order valence-corrected chi connectivity index (χ4v) is 2.16. The van der Waals surface area contributed by atoms with Gasteiger partial charge in [0.1, 0.15) is 5.82 Å². The van der Waals surface area contributed by atoms with Gasteiger partial charge < -0.3 is 4.57 Å². The number of hydrogen-bond donors (Lipinski definition) is 0. The van der Waals surface area contributed by atoms with E-state index in [1.807, 2.05) is 33.8 Å². The molecular weight excluding hydrogens is 232 g/mol. The van der Waals surface area contributed by atoms with Crippen molar-refractivity contribution in [2.45, 2.75) is 53.5 Å². The molecule has 0 saturated heterocycles. The molecule has 1 aromatic carbocycles. The smallest absolute Gasteiger partial charge is 0.109 e. The molecule has 19 heavy (non-hydrogen) atoms. The van der Waals surface area contributed by atoms with Crippen molar-refractivity contribution in [3.05, 3.63) is 42.4 Å². The van der Waals surface area contributed by atoms with Crippen LogP contribution in [0.25, 0.3) is 11.3 Å². The highest BCUT2D eigenvalue weighted by molar-refractivity contribution is 5.58. The van der Waals surface area contributed by atoms with Crippen LogP contribution in [0.5, 0.6) is 0 Å². The molecule has 0 saturated carbocycles. The van der Waals surface area contributed by atoms with Crippen molar-refractivity contribution >= 4 is 0 Å². The molecule has 2 heterocycles. The van der Waals surface area contributed by atoms with E-state index in [0.717, 1.165) is 18.7 Å². The average Bonchev–Trinajstić information content (AvgIpc) is 2.96. The fraction of sp³-hybridized carbons (Fsp3) is 0.471. The summed E-state index contributed by atoms with van der Waals surface area (Å²) < 4.78 is 2.30. The van der Waals surface area contributed by atoms with Crippen molar-refractivity contribution < 1.29 is 0 Å². The van der Waals surface area contributed by atoms with Gasteiger partial charge in [-0.1, -0.05) is 58.0 Å². The molecule has 0 spiro atoms. The zero-order valence-electron chi connectivity index (χ0n) is 12.7. The molecule has 1 aliphatic heterocycles. The van der Waals surface area contributed by atoms with Crippen LogP contribution >= 0.6 is 0 Å². The van der Waals surface area contributed by atoms with Gasteiger partial charge in [0.2, 0.25) is 0 Å². The molecule has 0 unspecified atom stereocenters. The van der Waals surface area contributed by atoms with Crippen LogP contribution in [0.2, 0.25) is 0 Å². The summed E-state index contributed by atoms with van der Waals surface area (Å²) in [5.41, 5.74) is 2.34. The van der Waals surface area contributed by atoms with E-state index in [9.17, 15) is 0 Å². The van der Waals surface area contributed by atoms with Gasteiger partial charge in [-0.3, -0.25) is 0 Å². The number of benzene rings is 1. The molecule has 104 valence electrons. The van der Waals surface area contributed by atoms with Gasteiger partial charge in [0.05, 0.1) is 5.69 Å². The third-order valence-corrected chi connectivity index (χ3v) is 2.98. The van der Waals surface area contributed by atoms with Crippen molar-refractivity contribution in [3.8, 4) is 11.3 Å². The normalized spacial score (nSPS) is 12.4. The van der Waals surface area contributed by atoms with E-state index >= 15 is 0 Å². The number of aryl methyl sites for hydroxylation is 2. The van der Waals surface area contributed by atoms with E-state index in [1.54, 1.807) is 0 Å². The fourth-order valence-electron chi connectivity index (χ4n) is 2.16. The Bertz CT molecular complexity index is 434. The van der Waals surface area contributed by atoms with E-state index in [2.05, 4.69) is 40.0 Å². The van der Waals surface area contributed by atoms with Crippen LogP contribution < -0.4 is 0 Å². The van der Waals surface area contributed by atoms with E-state index < -0.39 is 0 Å². The van der Waals surface area contributed by atoms with E-state index in [-0.39, 0.29) is 0 Å². The van der Waals surface area contributed by atoms with Crippen LogP contribution in [-0.4, -0.2) is 9.55 Å². The van der Waals surface area contributed by atoms with Crippen molar-refractivity contribution in [3.63, 3.8) is 0 Å². The Morgan fingerprint density at radius 1 is 0.947 bits per heavy atom. The average molecular weight is 258 g/mol. The molecule has 0 N–H and O–H groups in total. The molecule has 0 atom stereocenters. The summed E-state index contributed by atoms with van der Waals surface area (Å²) in [4.78, 5) is 4.68. The second-order valence-corrected chi connectivity index (χ2v) is 4.06. The summed E-state index contributed by atoms with van der Waals surface area (Å²) in [6.07, 6.45) is 5.89. The van der Waals surface area contributed by atoms with Gasteiger partial charge >= 0.3 is 0 Å². The van der Waals surface area contributed by atoms with E-state index in [0.29, 0.717) is 0 Å². The molecule has 2 nitrogen and oxygen atoms in total. The maximum Gasteiger partial charge on any atom is 0.109 e. The molecule has 3 rings (SSSR count). The Hall–Kier alpha value is -1.57. The van der Waals surface area contributed by atoms with Crippen LogP contribution in [0.1, 0.15) is 46.4 Å². The second kappa shape index (κ2) is 8.52. The monoisotopic (exact) mass is 258 g/mol. The lowest BCUT2D eigenvalue weighted by molar-refractivity contribution is 0.522. The van der Waals surface area contributed by atoms with Gasteiger partial charge in [-0.15, -0.1) is 0 Å². The van der Waals surface area contributed by atoms with Crippen molar-refractivity contribution in [1.82, 2.24) is 9.55 Å². The topological polar surface area (TPSA) is 17.8 Å². The number of rotatable bonds is 1. The summed E-state index contributed by atoms with van der Waals surface area (Å²) in [5.74, 6) is 1.25. The van der Waals surface area contributed by atoms with Crippen LogP contribution in [0, 0.1) is 0 Å². The molecule has 2 aromatic rings. The highest BCUT2D eigenvalue weighted by Gasteiger charge is 2.12. The molecule has 0 aliphatic carbocycles. The summed E-state index contributed by atoms with van der Waals surface area (Å²) in [5, 5.41) is 0. The first kappa shape index (κ1) is 15.5. The lowest BCUT2D eigenvalue weighted by Crippen LogP contribution is -2.08. The second-order valence-electron chi connectivity index (χ2n) is 4.06. The molecule has 0 radical (unpaired) electrons. The van der Waals surface area contributed by atoms with E-state index in [1.165, 1.54) is 24.2 Å². The van der Waals surface area contributed by atoms with Crippen LogP contribution in [0.3, 0.4) is 0 Å². The zero-order valence-corrected chi connectivity index (χ0v) is 12.7. The molecule has 2 heteroatoms. The minimum Gasteiger partial charge on any atom is -0.334 e. The predicted molar refractivity (Wildman–Crippen MR) is 83.3 cm³/mol. The third-order valence-electron chi connectivity index (χ3n) is 2.98. The third kappa shape index (κ3) is 3.95. The minimum absolute atomic E-state index is 1.12. The molecule has 1 aliphatic rings. The van der Waals surface area contributed by atoms with Gasteiger partial charge in [-0.2, -0.15) is 0 Å². The van der Waals surface area contributed by atoms with Gasteiger partial charge in [-0.05, 0) is 12.8 Å². The molecule has 0 fully saturated rings. The highest BCUT2D eigenvalue weighted by Crippen LogP contribution is 2.21. The number of hydrogen-bond acceptors (Lipinski definition) is 1. The van der Waals surface area contributed by atoms with Crippen molar-refractivity contribution in [1.29, 1.82) is 0 Å². The summed E-state index contributed by atoms with van der Waals surface area (Å²) in [7, 11) is 0. The van der Waals surface area contributed by atoms with Crippen LogP contribution in [0.4, 0.5) is 0 Å². The van der Waals surface area contributed by atoms with Crippen molar-refractivity contribution in [2.24, 2.45) is 0 Å². The molecule has 0 amide bonds. The Morgan fingerprint density at radius 2 is 1.63 bits per heavy atom. The minimum atomic E-state index is 1.12. The van der Waals surface area contributed by atoms with Crippen LogP contribution in [-0.2, 0) is 13.0 Å². The summed E-state index contributed by atoms with van der Waals surface area (Å²) in [6, 6.07) is 10.4. The van der Waals surface area contributed by atoms with E-state index in [4.69, 9.17) is 0 Å². The number of imidazole rings is 1. The predicted octanol–water partition coefficient (Wildman–Crippen LogP) is 4.94. The quantitative estimate of drug-likeness (QED) is 0.708. The van der Waals surface area contributed by atoms with Crippen LogP contribution in [0.15, 0.2) is 36.5 Å². The molecular formula is C17H26N2. The SMILES string of the molecule is CC.CC.c1ccc(-c2cn3c(n2)CCCC3)cc1. The van der Waals surface area contributed by atoms with Gasteiger partial charge in [0, 0.05) is 24.7 Å². The Kier molecular flexibility index (Phi) is 6.94. The van der Waals surface area contributed by atoms with Gasteiger partial charge in [0.15, 0.2) is 0 Å². The van der Waals surface area contributed by atoms with Crippen molar-refractivity contribution in [2.75, 3.05) is 0 Å². The Balaban J connectivity index is 0.000000415. The highest BCUT2D eigenvalue weighted by atomic mass is 15.1. The number of nitrogens with zero attached hydrogens (tertiary/aromatic N) is 2. The summed E-state index contributed by atoms with van der Waals surface area (Å²) in [6.45, 7) is 9.13. The number of fused-ring (bicyclic) bond motifs is 1. The zero-order chi connectivity index (χ0) is 14.1. The van der Waals surface area contributed by atoms with Gasteiger partial charge in [0.25, 0.3) is 0 Å². The maximum absolute atomic E-state index is 4.68. The van der Waals surface area contributed by atoms with Gasteiger partial charge in [-0.25, -0.2) is 4.98 Å². The Labute approximate surface area is 117 Å². The standard InChI is InChI=1S/C13H14N2.2C2H6/c1-2-6-11(7-3-1)12-10-15-9-5-4-8-13(15)14-12;2*1-2/h1-3,6-7,10H,4-5,8-9H2;2*1-2H3. The first-order valence-corrected chi connectivity index (χ1v) is 7.55. The lowest BCUT2D eigenvalue weighted by atomic mass is 10.2. The first-order valence-electron chi connectivity index (χ1n) is 7.55. The summed E-state index contributed by atoms with van der Waals surface area (Å²) >= 11 is 0. The Morgan fingerprint density at radius 3 is 2.26 bits per heavy atom. The molecule has 1 aromatic heterocycles. The largest absolute Gasteiger partial charge is 0.334 e. The lowest BCUT2D eigenvalue weighted by Gasteiger charge is -2.11.